The smallest absolute Gasteiger partial charge is 0.211 e. The van der Waals surface area contributed by atoms with Crippen LogP contribution in [0.5, 0.6) is 0 Å². The Balaban J connectivity index is 2.45. The summed E-state index contributed by atoms with van der Waals surface area (Å²) in [5.74, 6) is 0.524. The molecule has 1 rings (SSSR count). The first-order valence-corrected chi connectivity index (χ1v) is 6.27. The molecule has 1 aliphatic carbocycles. The Morgan fingerprint density at radius 3 is 2.24 bits per heavy atom. The molecule has 0 aromatic rings. The van der Waals surface area contributed by atoms with E-state index in [0.29, 0.717) is 19.0 Å². The summed E-state index contributed by atoms with van der Waals surface area (Å²) in [6.45, 7) is 3.40. The topological polar surface area (TPSA) is 58.9 Å². The molecule has 0 spiro atoms. The van der Waals surface area contributed by atoms with E-state index in [0.717, 1.165) is 38.5 Å². The first kappa shape index (κ1) is 13.8. The van der Waals surface area contributed by atoms with E-state index in [-0.39, 0.29) is 5.41 Å². The van der Waals surface area contributed by atoms with Crippen LogP contribution in [0.2, 0.25) is 0 Å². The number of isocyanates is 2. The highest BCUT2D eigenvalue weighted by Crippen LogP contribution is 2.35. The minimum absolute atomic E-state index is 0.149. The molecular weight excluding hydrogens is 216 g/mol. The van der Waals surface area contributed by atoms with Gasteiger partial charge in [0.1, 0.15) is 0 Å². The monoisotopic (exact) mass is 236 g/mol. The van der Waals surface area contributed by atoms with Gasteiger partial charge in [0, 0.05) is 0 Å². The van der Waals surface area contributed by atoms with Gasteiger partial charge in [-0.05, 0) is 37.0 Å². The molecule has 0 heterocycles. The SMILES string of the molecule is CC1(CN=C=O)CCCC(CN=C=O)CCC1. The van der Waals surface area contributed by atoms with Crippen LogP contribution in [0, 0.1) is 11.3 Å². The summed E-state index contributed by atoms with van der Waals surface area (Å²) in [5.41, 5.74) is 0.149. The third-order valence-electron chi connectivity index (χ3n) is 3.72. The Labute approximate surface area is 102 Å². The van der Waals surface area contributed by atoms with Crippen molar-refractivity contribution in [1.82, 2.24) is 0 Å². The Morgan fingerprint density at radius 2 is 1.71 bits per heavy atom. The largest absolute Gasteiger partial charge is 0.234 e. The van der Waals surface area contributed by atoms with Gasteiger partial charge < -0.3 is 0 Å². The van der Waals surface area contributed by atoms with Gasteiger partial charge in [0.15, 0.2) is 0 Å². The van der Waals surface area contributed by atoms with Crippen molar-refractivity contribution in [2.75, 3.05) is 13.1 Å². The fraction of sp³-hybridized carbons (Fsp3) is 0.846. The molecule has 1 aliphatic rings. The van der Waals surface area contributed by atoms with Crippen LogP contribution < -0.4 is 0 Å². The summed E-state index contributed by atoms with van der Waals surface area (Å²) in [7, 11) is 0. The van der Waals surface area contributed by atoms with Crippen LogP contribution in [0.4, 0.5) is 0 Å². The van der Waals surface area contributed by atoms with Gasteiger partial charge in [0.25, 0.3) is 0 Å². The van der Waals surface area contributed by atoms with Gasteiger partial charge in [-0.15, -0.1) is 0 Å². The fourth-order valence-corrected chi connectivity index (χ4v) is 2.63. The van der Waals surface area contributed by atoms with Crippen molar-refractivity contribution in [3.05, 3.63) is 0 Å². The molecule has 0 amide bonds. The Morgan fingerprint density at radius 1 is 1.12 bits per heavy atom. The van der Waals surface area contributed by atoms with Gasteiger partial charge in [-0.25, -0.2) is 19.6 Å². The van der Waals surface area contributed by atoms with E-state index in [1.165, 1.54) is 0 Å². The zero-order valence-corrected chi connectivity index (χ0v) is 10.4. The maximum Gasteiger partial charge on any atom is 0.234 e. The van der Waals surface area contributed by atoms with Gasteiger partial charge in [-0.3, -0.25) is 0 Å². The molecule has 17 heavy (non-hydrogen) atoms. The van der Waals surface area contributed by atoms with Crippen LogP contribution in [0.1, 0.15) is 45.4 Å². The summed E-state index contributed by atoms with van der Waals surface area (Å²) < 4.78 is 0. The number of nitrogens with zero attached hydrogens (tertiary/aromatic N) is 2. The Hall–Kier alpha value is -1.24. The lowest BCUT2D eigenvalue weighted by Crippen LogP contribution is -2.23. The summed E-state index contributed by atoms with van der Waals surface area (Å²) >= 11 is 0. The highest BCUT2D eigenvalue weighted by molar-refractivity contribution is 5.33. The Kier molecular flexibility index (Phi) is 5.82. The highest BCUT2D eigenvalue weighted by atomic mass is 16.1. The van der Waals surface area contributed by atoms with Crippen LogP contribution in [0.15, 0.2) is 9.98 Å². The van der Waals surface area contributed by atoms with E-state index in [9.17, 15) is 9.59 Å². The van der Waals surface area contributed by atoms with Crippen LogP contribution in [-0.4, -0.2) is 25.2 Å². The number of aliphatic imine (C=N–C) groups is 2. The normalized spacial score (nSPS) is 29.4. The van der Waals surface area contributed by atoms with E-state index >= 15 is 0 Å². The molecule has 0 unspecified atom stereocenters. The van der Waals surface area contributed by atoms with Crippen LogP contribution >= 0.6 is 0 Å². The molecule has 4 nitrogen and oxygen atoms in total. The summed E-state index contributed by atoms with van der Waals surface area (Å²) in [4.78, 5) is 27.7. The van der Waals surface area contributed by atoms with E-state index in [1.54, 1.807) is 12.2 Å². The molecule has 1 saturated carbocycles. The molecule has 0 aromatic heterocycles. The quantitative estimate of drug-likeness (QED) is 0.556. The third-order valence-corrected chi connectivity index (χ3v) is 3.72. The summed E-state index contributed by atoms with van der Waals surface area (Å²) in [5, 5.41) is 0. The molecule has 0 aromatic carbocycles. The number of hydrogen-bond donors (Lipinski definition) is 0. The van der Waals surface area contributed by atoms with Gasteiger partial charge >= 0.3 is 0 Å². The van der Waals surface area contributed by atoms with E-state index in [1.807, 2.05) is 0 Å². The highest BCUT2D eigenvalue weighted by Gasteiger charge is 2.26. The molecule has 0 bridgehead atoms. The standard InChI is InChI=1S/C13H20N2O2/c1-13(9-15-11-17)6-2-4-12(5-3-7-13)8-14-10-16/h12H,2-9H2,1H3. The third kappa shape index (κ3) is 5.08. The van der Waals surface area contributed by atoms with Crippen molar-refractivity contribution < 1.29 is 9.59 Å². The van der Waals surface area contributed by atoms with Gasteiger partial charge in [0.2, 0.25) is 12.2 Å². The van der Waals surface area contributed by atoms with E-state index in [2.05, 4.69) is 16.9 Å². The van der Waals surface area contributed by atoms with Crippen molar-refractivity contribution in [2.24, 2.45) is 21.3 Å². The number of rotatable bonds is 4. The van der Waals surface area contributed by atoms with Gasteiger partial charge in [-0.2, -0.15) is 0 Å². The minimum Gasteiger partial charge on any atom is -0.211 e. The average molecular weight is 236 g/mol. The zero-order valence-electron chi connectivity index (χ0n) is 10.4. The lowest BCUT2D eigenvalue weighted by molar-refractivity contribution is 0.224. The number of hydrogen-bond acceptors (Lipinski definition) is 4. The summed E-state index contributed by atoms with van der Waals surface area (Å²) in [6, 6.07) is 0. The lowest BCUT2D eigenvalue weighted by Gasteiger charge is -2.31. The molecular formula is C13H20N2O2. The molecule has 1 fully saturated rings. The van der Waals surface area contributed by atoms with Gasteiger partial charge in [-0.1, -0.05) is 19.8 Å². The zero-order chi connectivity index (χ0) is 12.6. The molecule has 94 valence electrons. The van der Waals surface area contributed by atoms with E-state index in [4.69, 9.17) is 0 Å². The van der Waals surface area contributed by atoms with Crippen LogP contribution in [-0.2, 0) is 9.59 Å². The van der Waals surface area contributed by atoms with Crippen LogP contribution in [0.25, 0.3) is 0 Å². The van der Waals surface area contributed by atoms with Crippen molar-refractivity contribution in [3.8, 4) is 0 Å². The molecule has 0 saturated heterocycles. The van der Waals surface area contributed by atoms with Crippen molar-refractivity contribution in [3.63, 3.8) is 0 Å². The minimum atomic E-state index is 0.149. The van der Waals surface area contributed by atoms with Crippen molar-refractivity contribution >= 4 is 12.2 Å². The first-order chi connectivity index (χ1) is 8.20. The maximum atomic E-state index is 10.2. The van der Waals surface area contributed by atoms with Crippen LogP contribution in [0.3, 0.4) is 0 Å². The average Bonchev–Trinajstić information content (AvgIpc) is 2.30. The van der Waals surface area contributed by atoms with Crippen molar-refractivity contribution in [2.45, 2.75) is 45.4 Å². The molecule has 0 aliphatic heterocycles. The molecule has 0 N–H and O–H groups in total. The van der Waals surface area contributed by atoms with Crippen molar-refractivity contribution in [1.29, 1.82) is 0 Å². The molecule has 4 heteroatoms. The Bertz CT molecular complexity index is 318. The second-order valence-electron chi connectivity index (χ2n) is 5.30. The number of carbonyl (C=O) groups excluding carboxylic acids is 2. The first-order valence-electron chi connectivity index (χ1n) is 6.27. The lowest BCUT2D eigenvalue weighted by atomic mass is 9.76. The maximum absolute atomic E-state index is 10.2. The second kappa shape index (κ2) is 7.16. The molecule has 0 atom stereocenters. The van der Waals surface area contributed by atoms with E-state index < -0.39 is 0 Å². The summed E-state index contributed by atoms with van der Waals surface area (Å²) in [6.07, 6.45) is 9.84. The second-order valence-corrected chi connectivity index (χ2v) is 5.30. The van der Waals surface area contributed by atoms with Gasteiger partial charge in [0.05, 0.1) is 13.1 Å². The predicted molar refractivity (Wildman–Crippen MR) is 65.3 cm³/mol. The molecule has 0 radical (unpaired) electrons. The predicted octanol–water partition coefficient (Wildman–Crippen LogP) is 2.63. The fourth-order valence-electron chi connectivity index (χ4n) is 2.63.